The Morgan fingerprint density at radius 3 is 2.70 bits per heavy atom. The Balaban J connectivity index is 2.55. The van der Waals surface area contributed by atoms with Gasteiger partial charge >= 0.3 is 0 Å². The number of hydrogen-bond donors (Lipinski definition) is 2. The minimum atomic E-state index is -0.192. The monoisotopic (exact) mass is 278 g/mol. The zero-order chi connectivity index (χ0) is 15.2. The van der Waals surface area contributed by atoms with Crippen LogP contribution >= 0.6 is 0 Å². The Morgan fingerprint density at radius 1 is 1.40 bits per heavy atom. The summed E-state index contributed by atoms with van der Waals surface area (Å²) in [4.78, 5) is 11.8. The number of rotatable bonds is 7. The van der Waals surface area contributed by atoms with E-state index in [4.69, 9.17) is 4.74 Å². The number of carbonyl (C=O) groups excluding carboxylic acids is 1. The average molecular weight is 278 g/mol. The van der Waals surface area contributed by atoms with Gasteiger partial charge in [0.05, 0.1) is 0 Å². The first-order chi connectivity index (χ1) is 9.38. The Labute approximate surface area is 121 Å². The Hall–Kier alpha value is -1.55. The van der Waals surface area contributed by atoms with Crippen LogP contribution < -0.4 is 15.4 Å². The van der Waals surface area contributed by atoms with Crippen LogP contribution in [0.3, 0.4) is 0 Å². The van der Waals surface area contributed by atoms with Crippen molar-refractivity contribution >= 4 is 5.91 Å². The van der Waals surface area contributed by atoms with Gasteiger partial charge in [0, 0.05) is 11.6 Å². The summed E-state index contributed by atoms with van der Waals surface area (Å²) >= 11 is 0. The second kappa shape index (κ2) is 7.29. The van der Waals surface area contributed by atoms with Gasteiger partial charge in [0.2, 0.25) is 0 Å². The molecule has 20 heavy (non-hydrogen) atoms. The molecule has 1 aromatic carbocycles. The fraction of sp³-hybridized carbons (Fsp3) is 0.562. The molecule has 0 aromatic heterocycles. The van der Waals surface area contributed by atoms with E-state index in [-0.39, 0.29) is 24.1 Å². The molecule has 0 bridgehead atoms. The van der Waals surface area contributed by atoms with Crippen LogP contribution in [0.2, 0.25) is 0 Å². The SMILES string of the molecule is CCC(C)(C)NC(=O)COc1cccc(C(C)NC)c1. The molecule has 4 nitrogen and oxygen atoms in total. The predicted octanol–water partition coefficient (Wildman–Crippen LogP) is 2.65. The Morgan fingerprint density at radius 2 is 2.10 bits per heavy atom. The topological polar surface area (TPSA) is 50.4 Å². The quantitative estimate of drug-likeness (QED) is 0.806. The molecule has 112 valence electrons. The lowest BCUT2D eigenvalue weighted by Gasteiger charge is -2.24. The molecular weight excluding hydrogens is 252 g/mol. The van der Waals surface area contributed by atoms with Crippen LogP contribution in [0, 0.1) is 0 Å². The first kappa shape index (κ1) is 16.5. The molecule has 0 radical (unpaired) electrons. The van der Waals surface area contributed by atoms with E-state index in [2.05, 4.69) is 17.6 Å². The number of nitrogens with one attached hydrogen (secondary N) is 2. The summed E-state index contributed by atoms with van der Waals surface area (Å²) in [5.41, 5.74) is 0.947. The molecular formula is C16H26N2O2. The van der Waals surface area contributed by atoms with E-state index in [1.54, 1.807) is 0 Å². The minimum absolute atomic E-state index is 0.0425. The second-order valence-corrected chi connectivity index (χ2v) is 5.66. The molecule has 0 aliphatic carbocycles. The first-order valence-corrected chi connectivity index (χ1v) is 7.09. The smallest absolute Gasteiger partial charge is 0.258 e. The summed E-state index contributed by atoms with van der Waals surface area (Å²) in [6.45, 7) is 8.17. The minimum Gasteiger partial charge on any atom is -0.484 e. The third kappa shape index (κ3) is 5.21. The maximum absolute atomic E-state index is 11.8. The van der Waals surface area contributed by atoms with Gasteiger partial charge in [0.15, 0.2) is 6.61 Å². The lowest BCUT2D eigenvalue weighted by Crippen LogP contribution is -2.44. The number of amides is 1. The van der Waals surface area contributed by atoms with Gasteiger partial charge in [0.25, 0.3) is 5.91 Å². The molecule has 0 aliphatic heterocycles. The molecule has 0 fully saturated rings. The van der Waals surface area contributed by atoms with Crippen LogP contribution in [-0.2, 0) is 4.79 Å². The van der Waals surface area contributed by atoms with Gasteiger partial charge in [-0.05, 0) is 51.9 Å². The molecule has 0 saturated heterocycles. The van der Waals surface area contributed by atoms with E-state index in [9.17, 15) is 4.79 Å². The summed E-state index contributed by atoms with van der Waals surface area (Å²) in [6.07, 6.45) is 0.883. The number of ether oxygens (including phenoxy) is 1. The molecule has 1 amide bonds. The highest BCUT2D eigenvalue weighted by molar-refractivity contribution is 5.78. The number of benzene rings is 1. The highest BCUT2D eigenvalue weighted by Crippen LogP contribution is 2.18. The Bertz CT molecular complexity index is 444. The lowest BCUT2D eigenvalue weighted by molar-refractivity contribution is -0.124. The van der Waals surface area contributed by atoms with Gasteiger partial charge < -0.3 is 15.4 Å². The first-order valence-electron chi connectivity index (χ1n) is 7.09. The predicted molar refractivity (Wildman–Crippen MR) is 81.9 cm³/mol. The van der Waals surface area contributed by atoms with E-state index in [1.807, 2.05) is 52.1 Å². The van der Waals surface area contributed by atoms with Gasteiger partial charge in [-0.15, -0.1) is 0 Å². The molecule has 1 atom stereocenters. The van der Waals surface area contributed by atoms with E-state index in [1.165, 1.54) is 0 Å². The molecule has 0 spiro atoms. The fourth-order valence-electron chi connectivity index (χ4n) is 1.69. The fourth-order valence-corrected chi connectivity index (χ4v) is 1.69. The largest absolute Gasteiger partial charge is 0.484 e. The van der Waals surface area contributed by atoms with Crippen molar-refractivity contribution in [2.75, 3.05) is 13.7 Å². The third-order valence-electron chi connectivity index (χ3n) is 3.52. The van der Waals surface area contributed by atoms with Gasteiger partial charge in [-0.2, -0.15) is 0 Å². The van der Waals surface area contributed by atoms with Crippen LogP contribution in [0.15, 0.2) is 24.3 Å². The summed E-state index contributed by atoms with van der Waals surface area (Å²) in [6, 6.07) is 8.05. The van der Waals surface area contributed by atoms with Crippen molar-refractivity contribution in [3.8, 4) is 5.75 Å². The molecule has 1 rings (SSSR count). The zero-order valence-electron chi connectivity index (χ0n) is 13.1. The molecule has 4 heteroatoms. The molecule has 0 saturated carbocycles. The number of carbonyl (C=O) groups is 1. The molecule has 2 N–H and O–H groups in total. The highest BCUT2D eigenvalue weighted by Gasteiger charge is 2.17. The van der Waals surface area contributed by atoms with Crippen molar-refractivity contribution in [2.45, 2.75) is 45.7 Å². The standard InChI is InChI=1S/C16H26N2O2/c1-6-16(3,4)18-15(19)11-20-14-9-7-8-13(10-14)12(2)17-5/h7-10,12,17H,6,11H2,1-5H3,(H,18,19). The van der Waals surface area contributed by atoms with Crippen molar-refractivity contribution in [3.63, 3.8) is 0 Å². The van der Waals surface area contributed by atoms with Gasteiger partial charge in [-0.1, -0.05) is 19.1 Å². The van der Waals surface area contributed by atoms with E-state index in [0.29, 0.717) is 5.75 Å². The van der Waals surface area contributed by atoms with Crippen LogP contribution in [-0.4, -0.2) is 25.1 Å². The molecule has 1 unspecified atom stereocenters. The van der Waals surface area contributed by atoms with Crippen LogP contribution in [0.1, 0.15) is 45.7 Å². The highest BCUT2D eigenvalue weighted by atomic mass is 16.5. The second-order valence-electron chi connectivity index (χ2n) is 5.66. The molecule has 1 aromatic rings. The Kier molecular flexibility index (Phi) is 6.02. The summed E-state index contributed by atoms with van der Waals surface area (Å²) < 4.78 is 5.55. The average Bonchev–Trinajstić information content (AvgIpc) is 2.44. The van der Waals surface area contributed by atoms with Crippen LogP contribution in [0.25, 0.3) is 0 Å². The zero-order valence-corrected chi connectivity index (χ0v) is 13.1. The van der Waals surface area contributed by atoms with Crippen LogP contribution in [0.5, 0.6) is 5.75 Å². The van der Waals surface area contributed by atoms with Gasteiger partial charge in [-0.25, -0.2) is 0 Å². The van der Waals surface area contributed by atoms with Crippen LogP contribution in [0.4, 0.5) is 0 Å². The number of hydrogen-bond acceptors (Lipinski definition) is 3. The lowest BCUT2D eigenvalue weighted by atomic mass is 10.0. The maximum atomic E-state index is 11.8. The van der Waals surface area contributed by atoms with Crippen molar-refractivity contribution in [2.24, 2.45) is 0 Å². The normalized spacial score (nSPS) is 12.8. The third-order valence-corrected chi connectivity index (χ3v) is 3.52. The van der Waals surface area contributed by atoms with E-state index in [0.717, 1.165) is 12.0 Å². The summed E-state index contributed by atoms with van der Waals surface area (Å²) in [5, 5.41) is 6.13. The van der Waals surface area contributed by atoms with Crippen molar-refractivity contribution in [1.29, 1.82) is 0 Å². The molecule has 0 aliphatic rings. The molecule has 0 heterocycles. The van der Waals surface area contributed by atoms with E-state index < -0.39 is 0 Å². The summed E-state index contributed by atoms with van der Waals surface area (Å²) in [7, 11) is 1.92. The van der Waals surface area contributed by atoms with Gasteiger partial charge in [-0.3, -0.25) is 4.79 Å². The van der Waals surface area contributed by atoms with Gasteiger partial charge in [0.1, 0.15) is 5.75 Å². The van der Waals surface area contributed by atoms with Crippen molar-refractivity contribution in [3.05, 3.63) is 29.8 Å². The summed E-state index contributed by atoms with van der Waals surface area (Å²) in [5.74, 6) is 0.623. The van der Waals surface area contributed by atoms with E-state index >= 15 is 0 Å². The van der Waals surface area contributed by atoms with Crippen molar-refractivity contribution < 1.29 is 9.53 Å². The van der Waals surface area contributed by atoms with Crippen molar-refractivity contribution in [1.82, 2.24) is 10.6 Å². The maximum Gasteiger partial charge on any atom is 0.258 e.